The maximum atomic E-state index is 10.7. The molecular weight excluding hydrogens is 408 g/mol. The summed E-state index contributed by atoms with van der Waals surface area (Å²) in [6.07, 6.45) is 5.74. The van der Waals surface area contributed by atoms with Crippen LogP contribution in [0, 0.1) is 0 Å². The van der Waals surface area contributed by atoms with E-state index in [1.54, 1.807) is 16.9 Å². The van der Waals surface area contributed by atoms with Crippen LogP contribution in [0.15, 0.2) is 36.7 Å². The molecule has 166 valence electrons. The largest absolute Gasteiger partial charge is 0.507 e. The number of hydrogen-bond donors (Lipinski definition) is 2. The van der Waals surface area contributed by atoms with Gasteiger partial charge in [-0.25, -0.2) is 0 Å². The summed E-state index contributed by atoms with van der Waals surface area (Å²) in [5.74, 6) is 1.66. The first-order valence-electron chi connectivity index (χ1n) is 11.1. The summed E-state index contributed by atoms with van der Waals surface area (Å²) in [4.78, 5) is 2.34. The maximum Gasteiger partial charge on any atom is 0.194 e. The normalized spacial score (nSPS) is 24.7. The minimum atomic E-state index is 0.152. The van der Waals surface area contributed by atoms with E-state index in [4.69, 9.17) is 9.47 Å². The smallest absolute Gasteiger partial charge is 0.194 e. The van der Waals surface area contributed by atoms with Gasteiger partial charge in [-0.2, -0.15) is 5.10 Å². The van der Waals surface area contributed by atoms with Crippen LogP contribution in [0.25, 0.3) is 22.4 Å². The molecule has 0 saturated carbocycles. The molecule has 1 aromatic carbocycles. The third kappa shape index (κ3) is 3.47. The van der Waals surface area contributed by atoms with Crippen molar-refractivity contribution in [3.63, 3.8) is 0 Å². The Labute approximate surface area is 186 Å². The van der Waals surface area contributed by atoms with Gasteiger partial charge in [0, 0.05) is 48.6 Å². The van der Waals surface area contributed by atoms with Gasteiger partial charge in [0.2, 0.25) is 0 Å². The summed E-state index contributed by atoms with van der Waals surface area (Å²) in [6.45, 7) is 2.95. The van der Waals surface area contributed by atoms with Gasteiger partial charge in [-0.1, -0.05) is 6.07 Å². The first-order chi connectivity index (χ1) is 15.6. The minimum absolute atomic E-state index is 0.152. The average molecular weight is 435 g/mol. The predicted molar refractivity (Wildman–Crippen MR) is 119 cm³/mol. The molecule has 2 saturated heterocycles. The average Bonchev–Trinajstić information content (AvgIpc) is 3.24. The fourth-order valence-electron chi connectivity index (χ4n) is 5.08. The van der Waals surface area contributed by atoms with Crippen molar-refractivity contribution in [3.05, 3.63) is 36.7 Å². The molecule has 2 fully saturated rings. The molecule has 2 aromatic heterocycles. The minimum Gasteiger partial charge on any atom is -0.507 e. The number of nitrogens with zero attached hydrogens (tertiary/aromatic N) is 5. The molecule has 3 aromatic rings. The Balaban J connectivity index is 1.28. The second kappa shape index (κ2) is 7.75. The summed E-state index contributed by atoms with van der Waals surface area (Å²) in [5.41, 5.74) is 3.06. The Kier molecular flexibility index (Phi) is 4.73. The van der Waals surface area contributed by atoms with Crippen molar-refractivity contribution in [2.45, 2.75) is 31.0 Å². The van der Waals surface area contributed by atoms with Crippen molar-refractivity contribution in [3.8, 4) is 33.9 Å². The van der Waals surface area contributed by atoms with Gasteiger partial charge in [-0.3, -0.25) is 4.68 Å². The molecule has 3 aliphatic rings. The van der Waals surface area contributed by atoms with Crippen molar-refractivity contribution in [1.82, 2.24) is 25.3 Å². The number of anilines is 1. The van der Waals surface area contributed by atoms with E-state index in [1.807, 2.05) is 31.4 Å². The lowest BCUT2D eigenvalue weighted by Crippen LogP contribution is -2.59. The quantitative estimate of drug-likeness (QED) is 0.646. The number of nitrogens with one attached hydrogen (secondary N) is 1. The standard InChI is InChI=1S/C23H26N6O3/c1-28-11-15(10-24-28)14-2-3-19(21(30)6-14)20-9-22-23(27-26-20)29(4-5-32-22)18-7-16-12-31-13-17(8-18)25-16/h2-3,6,9-11,16-18,25,30H,4-5,7-8,12-13H2,1H3/t16-,17+,18+. The van der Waals surface area contributed by atoms with E-state index in [9.17, 15) is 5.11 Å². The molecule has 3 aliphatic heterocycles. The van der Waals surface area contributed by atoms with Gasteiger partial charge >= 0.3 is 0 Å². The van der Waals surface area contributed by atoms with Crippen molar-refractivity contribution in [2.24, 2.45) is 7.05 Å². The Morgan fingerprint density at radius 3 is 2.69 bits per heavy atom. The summed E-state index contributed by atoms with van der Waals surface area (Å²) < 4.78 is 13.4. The predicted octanol–water partition coefficient (Wildman–Crippen LogP) is 1.97. The molecule has 0 unspecified atom stereocenters. The molecule has 0 radical (unpaired) electrons. The van der Waals surface area contributed by atoms with E-state index in [1.165, 1.54) is 0 Å². The fourth-order valence-corrected chi connectivity index (χ4v) is 5.08. The van der Waals surface area contributed by atoms with E-state index >= 15 is 0 Å². The highest BCUT2D eigenvalue weighted by Crippen LogP contribution is 2.38. The molecule has 9 nitrogen and oxygen atoms in total. The number of phenolic OH excluding ortho intramolecular Hbond substituents is 1. The number of aryl methyl sites for hydroxylation is 1. The van der Waals surface area contributed by atoms with Gasteiger partial charge in [0.05, 0.1) is 26.0 Å². The highest BCUT2D eigenvalue weighted by Gasteiger charge is 2.37. The number of morpholine rings is 1. The van der Waals surface area contributed by atoms with Crippen LogP contribution in [0.4, 0.5) is 5.82 Å². The Hall–Kier alpha value is -3.17. The lowest BCUT2D eigenvalue weighted by molar-refractivity contribution is 0.0173. The lowest BCUT2D eigenvalue weighted by atomic mass is 9.91. The molecule has 0 amide bonds. The number of rotatable bonds is 3. The van der Waals surface area contributed by atoms with Crippen LogP contribution in [-0.4, -0.2) is 69.6 Å². The van der Waals surface area contributed by atoms with E-state index in [2.05, 4.69) is 25.5 Å². The van der Waals surface area contributed by atoms with E-state index in [0.717, 1.165) is 55.3 Å². The highest BCUT2D eigenvalue weighted by molar-refractivity contribution is 5.75. The molecule has 0 spiro atoms. The van der Waals surface area contributed by atoms with Crippen molar-refractivity contribution in [2.75, 3.05) is 31.3 Å². The number of hydrogen-bond acceptors (Lipinski definition) is 8. The van der Waals surface area contributed by atoms with Crippen LogP contribution >= 0.6 is 0 Å². The summed E-state index contributed by atoms with van der Waals surface area (Å²) >= 11 is 0. The van der Waals surface area contributed by atoms with Gasteiger partial charge in [-0.15, -0.1) is 10.2 Å². The Morgan fingerprint density at radius 2 is 1.94 bits per heavy atom. The highest BCUT2D eigenvalue weighted by atomic mass is 16.5. The molecule has 2 bridgehead atoms. The molecule has 6 rings (SSSR count). The number of aromatic hydroxyl groups is 1. The first-order valence-corrected chi connectivity index (χ1v) is 11.1. The number of aromatic nitrogens is 4. The third-order valence-electron chi connectivity index (χ3n) is 6.58. The van der Waals surface area contributed by atoms with Crippen LogP contribution in [0.5, 0.6) is 11.5 Å². The molecule has 32 heavy (non-hydrogen) atoms. The van der Waals surface area contributed by atoms with E-state index in [-0.39, 0.29) is 5.75 Å². The van der Waals surface area contributed by atoms with Crippen molar-refractivity contribution < 1.29 is 14.6 Å². The van der Waals surface area contributed by atoms with E-state index < -0.39 is 0 Å². The van der Waals surface area contributed by atoms with Gasteiger partial charge in [-0.05, 0) is 30.5 Å². The number of fused-ring (bicyclic) bond motifs is 3. The summed E-state index contributed by atoms with van der Waals surface area (Å²) in [7, 11) is 1.87. The third-order valence-corrected chi connectivity index (χ3v) is 6.58. The SMILES string of the molecule is Cn1cc(-c2ccc(-c3cc4c(nn3)N([C@@H]3C[C@H]5COC[C@@H](C3)N5)CCO4)c(O)c2)cn1. The van der Waals surface area contributed by atoms with Gasteiger partial charge in [0.15, 0.2) is 11.6 Å². The Morgan fingerprint density at radius 1 is 1.09 bits per heavy atom. The molecule has 5 heterocycles. The number of piperidine rings is 1. The zero-order chi connectivity index (χ0) is 21.7. The molecular formula is C23H26N6O3. The van der Waals surface area contributed by atoms with Crippen LogP contribution in [-0.2, 0) is 11.8 Å². The summed E-state index contributed by atoms with van der Waals surface area (Å²) in [6, 6.07) is 8.61. The van der Waals surface area contributed by atoms with Crippen molar-refractivity contribution in [1.29, 1.82) is 0 Å². The van der Waals surface area contributed by atoms with Crippen LogP contribution in [0.2, 0.25) is 0 Å². The molecule has 2 N–H and O–H groups in total. The fraction of sp³-hybridized carbons (Fsp3) is 0.435. The van der Waals surface area contributed by atoms with Gasteiger partial charge < -0.3 is 24.8 Å². The second-order valence-corrected chi connectivity index (χ2v) is 8.82. The van der Waals surface area contributed by atoms with Crippen LogP contribution < -0.4 is 15.0 Å². The molecule has 9 heteroatoms. The monoisotopic (exact) mass is 434 g/mol. The number of benzene rings is 1. The summed E-state index contributed by atoms with van der Waals surface area (Å²) in [5, 5.41) is 27.5. The molecule has 0 aliphatic carbocycles. The van der Waals surface area contributed by atoms with E-state index in [0.29, 0.717) is 36.0 Å². The zero-order valence-corrected chi connectivity index (χ0v) is 17.9. The lowest BCUT2D eigenvalue weighted by Gasteiger charge is -2.45. The van der Waals surface area contributed by atoms with Gasteiger partial charge in [0.25, 0.3) is 0 Å². The van der Waals surface area contributed by atoms with Crippen molar-refractivity contribution >= 4 is 5.82 Å². The second-order valence-electron chi connectivity index (χ2n) is 8.82. The zero-order valence-electron chi connectivity index (χ0n) is 17.9. The maximum absolute atomic E-state index is 10.7. The number of phenols is 1. The number of ether oxygens (including phenoxy) is 2. The van der Waals surface area contributed by atoms with Gasteiger partial charge in [0.1, 0.15) is 18.1 Å². The topological polar surface area (TPSA) is 97.6 Å². The first kappa shape index (κ1) is 19.5. The van der Waals surface area contributed by atoms with Crippen LogP contribution in [0.1, 0.15) is 12.8 Å². The van der Waals surface area contributed by atoms with Crippen LogP contribution in [0.3, 0.4) is 0 Å². The molecule has 3 atom stereocenters. The Bertz CT molecular complexity index is 1140.